The molecule has 0 aliphatic carbocycles. The normalized spacial score (nSPS) is 12.0. The monoisotopic (exact) mass is 583 g/mol. The largest absolute Gasteiger partial charge is 0.342 e. The highest BCUT2D eigenvalue weighted by molar-refractivity contribution is 9.10. The van der Waals surface area contributed by atoms with E-state index in [0.29, 0.717) is 26.6 Å². The fraction of sp³-hybridized carbons (Fsp3) is 0.304. The van der Waals surface area contributed by atoms with E-state index in [0.717, 1.165) is 15.7 Å². The summed E-state index contributed by atoms with van der Waals surface area (Å²) >= 11 is 16.7. The number of carbonyl (C=O) groups is 2. The second-order valence-corrected chi connectivity index (χ2v) is 10.6. The molecule has 1 aromatic heterocycles. The molecule has 180 valence electrons. The van der Waals surface area contributed by atoms with Crippen molar-refractivity contribution in [2.24, 2.45) is 13.0 Å². The number of hydrogen-bond donors (Lipinski definition) is 2. The van der Waals surface area contributed by atoms with E-state index < -0.39 is 6.04 Å². The molecule has 0 bridgehead atoms. The quantitative estimate of drug-likeness (QED) is 0.315. The van der Waals surface area contributed by atoms with E-state index in [1.807, 2.05) is 46.0 Å². The Morgan fingerprint density at radius 2 is 1.85 bits per heavy atom. The minimum Gasteiger partial charge on any atom is -0.342 e. The van der Waals surface area contributed by atoms with E-state index in [4.69, 9.17) is 23.2 Å². The Labute approximate surface area is 221 Å². The molecule has 0 spiro atoms. The third-order valence-corrected chi connectivity index (χ3v) is 7.70. The lowest BCUT2D eigenvalue weighted by Crippen LogP contribution is -2.33. The number of rotatable bonds is 8. The van der Waals surface area contributed by atoms with Gasteiger partial charge >= 0.3 is 0 Å². The highest BCUT2D eigenvalue weighted by atomic mass is 79.9. The average molecular weight is 585 g/mol. The summed E-state index contributed by atoms with van der Waals surface area (Å²) in [5, 5.41) is 15.7. The third kappa shape index (κ3) is 6.53. The molecule has 0 aliphatic heterocycles. The van der Waals surface area contributed by atoms with Crippen molar-refractivity contribution in [3.8, 4) is 0 Å². The van der Waals surface area contributed by atoms with Crippen molar-refractivity contribution in [3.05, 3.63) is 67.9 Å². The number of aromatic nitrogens is 3. The molecule has 34 heavy (non-hydrogen) atoms. The molecule has 2 amide bonds. The van der Waals surface area contributed by atoms with Crippen LogP contribution in [0.25, 0.3) is 0 Å². The van der Waals surface area contributed by atoms with Gasteiger partial charge in [-0.05, 0) is 54.8 Å². The van der Waals surface area contributed by atoms with Gasteiger partial charge in [0.1, 0.15) is 0 Å². The Morgan fingerprint density at radius 1 is 1.12 bits per heavy atom. The van der Waals surface area contributed by atoms with Crippen molar-refractivity contribution in [1.82, 2.24) is 20.1 Å². The number of nitrogens with one attached hydrogen (secondary N) is 2. The minimum absolute atomic E-state index is 0.0383. The first-order valence-electron chi connectivity index (χ1n) is 10.4. The van der Waals surface area contributed by atoms with E-state index in [9.17, 15) is 9.59 Å². The molecule has 1 atom stereocenters. The number of anilines is 1. The second-order valence-electron chi connectivity index (χ2n) is 8.02. The highest BCUT2D eigenvalue weighted by Crippen LogP contribution is 2.26. The van der Waals surface area contributed by atoms with Crippen LogP contribution in [0.15, 0.2) is 46.0 Å². The van der Waals surface area contributed by atoms with E-state index in [2.05, 4.69) is 36.8 Å². The fourth-order valence-corrected chi connectivity index (χ4v) is 4.43. The van der Waals surface area contributed by atoms with Crippen LogP contribution in [0.2, 0.25) is 10.0 Å². The molecule has 0 fully saturated rings. The molecule has 0 aliphatic rings. The molecular formula is C23H24BrCl2N5O2S. The summed E-state index contributed by atoms with van der Waals surface area (Å²) in [5.41, 5.74) is 2.16. The predicted octanol–water partition coefficient (Wildman–Crippen LogP) is 6.05. The third-order valence-electron chi connectivity index (χ3n) is 5.06. The van der Waals surface area contributed by atoms with Crippen molar-refractivity contribution >= 4 is 68.4 Å². The van der Waals surface area contributed by atoms with Gasteiger partial charge in [-0.1, -0.05) is 64.7 Å². The van der Waals surface area contributed by atoms with E-state index in [1.54, 1.807) is 16.7 Å². The summed E-state index contributed by atoms with van der Waals surface area (Å²) in [5.74, 6) is 0.359. The van der Waals surface area contributed by atoms with Gasteiger partial charge in [-0.15, -0.1) is 10.2 Å². The van der Waals surface area contributed by atoms with Gasteiger partial charge in [-0.25, -0.2) is 0 Å². The van der Waals surface area contributed by atoms with E-state index >= 15 is 0 Å². The van der Waals surface area contributed by atoms with Crippen LogP contribution < -0.4 is 10.6 Å². The summed E-state index contributed by atoms with van der Waals surface area (Å²) in [7, 11) is 1.81. The van der Waals surface area contributed by atoms with Crippen molar-refractivity contribution in [2.75, 3.05) is 11.1 Å². The number of thioether (sulfide) groups is 1. The first-order chi connectivity index (χ1) is 16.1. The van der Waals surface area contributed by atoms with Crippen LogP contribution in [0.4, 0.5) is 5.69 Å². The molecule has 2 N–H and O–H groups in total. The Hall–Kier alpha value is -2.07. The molecule has 0 saturated heterocycles. The van der Waals surface area contributed by atoms with Gasteiger partial charge in [0.15, 0.2) is 11.0 Å². The first-order valence-corrected chi connectivity index (χ1v) is 12.9. The molecule has 2 aromatic carbocycles. The fourth-order valence-electron chi connectivity index (χ4n) is 3.16. The van der Waals surface area contributed by atoms with Gasteiger partial charge in [0, 0.05) is 22.8 Å². The summed E-state index contributed by atoms with van der Waals surface area (Å²) in [6, 6.07) is 9.96. The number of aryl methyl sites for hydroxylation is 1. The SMILES string of the molecule is Cc1cc(NC(=O)CSc2nnc([C@H](NC(=O)c3ccc(Cl)c(Cl)c3)C(C)C)n2C)ccc1Br. The Kier molecular flexibility index (Phi) is 9.03. The second kappa shape index (κ2) is 11.6. The first kappa shape index (κ1) is 26.5. The molecule has 3 rings (SSSR count). The van der Waals surface area contributed by atoms with Crippen molar-refractivity contribution in [2.45, 2.75) is 32.0 Å². The Morgan fingerprint density at radius 3 is 2.50 bits per heavy atom. The maximum atomic E-state index is 12.8. The molecule has 0 saturated carbocycles. The Bertz CT molecular complexity index is 1220. The van der Waals surface area contributed by atoms with E-state index in [1.165, 1.54) is 17.8 Å². The number of hydrogen-bond acceptors (Lipinski definition) is 5. The topological polar surface area (TPSA) is 88.9 Å². The number of carbonyl (C=O) groups excluding carboxylic acids is 2. The van der Waals surface area contributed by atoms with Gasteiger partial charge in [0.25, 0.3) is 5.91 Å². The maximum absolute atomic E-state index is 12.8. The highest BCUT2D eigenvalue weighted by Gasteiger charge is 2.25. The van der Waals surface area contributed by atoms with Crippen LogP contribution in [0.3, 0.4) is 0 Å². The number of halogens is 3. The van der Waals surface area contributed by atoms with Crippen molar-refractivity contribution in [3.63, 3.8) is 0 Å². The molecule has 11 heteroatoms. The Balaban J connectivity index is 1.67. The predicted molar refractivity (Wildman–Crippen MR) is 141 cm³/mol. The number of nitrogens with zero attached hydrogens (tertiary/aromatic N) is 3. The van der Waals surface area contributed by atoms with Crippen LogP contribution in [-0.4, -0.2) is 32.3 Å². The summed E-state index contributed by atoms with van der Waals surface area (Å²) < 4.78 is 2.78. The molecule has 7 nitrogen and oxygen atoms in total. The lowest BCUT2D eigenvalue weighted by molar-refractivity contribution is -0.113. The zero-order chi connectivity index (χ0) is 25.0. The lowest BCUT2D eigenvalue weighted by Gasteiger charge is -2.22. The van der Waals surface area contributed by atoms with E-state index in [-0.39, 0.29) is 23.5 Å². The van der Waals surface area contributed by atoms with Gasteiger partial charge in [0.2, 0.25) is 5.91 Å². The summed E-state index contributed by atoms with van der Waals surface area (Å²) in [4.78, 5) is 25.2. The van der Waals surface area contributed by atoms with Crippen molar-refractivity contribution in [1.29, 1.82) is 0 Å². The zero-order valence-electron chi connectivity index (χ0n) is 19.0. The summed E-state index contributed by atoms with van der Waals surface area (Å²) in [6.45, 7) is 5.92. The van der Waals surface area contributed by atoms with Crippen molar-refractivity contribution < 1.29 is 9.59 Å². The molecular weight excluding hydrogens is 561 g/mol. The molecule has 3 aromatic rings. The lowest BCUT2D eigenvalue weighted by atomic mass is 10.0. The standard InChI is InChI=1S/C23H24BrCl2N5O2S/c1-12(2)20(28-22(33)14-5-8-17(25)18(26)10-14)21-29-30-23(31(21)4)34-11-19(32)27-15-6-7-16(24)13(3)9-15/h5-10,12,20H,11H2,1-4H3,(H,27,32)(H,28,33)/t20-/m1/s1. The molecule has 0 unspecified atom stereocenters. The smallest absolute Gasteiger partial charge is 0.251 e. The van der Waals surface area contributed by atoms with Gasteiger partial charge < -0.3 is 15.2 Å². The zero-order valence-corrected chi connectivity index (χ0v) is 22.9. The maximum Gasteiger partial charge on any atom is 0.251 e. The van der Waals surface area contributed by atoms with Gasteiger partial charge in [-0.2, -0.15) is 0 Å². The van der Waals surface area contributed by atoms with Crippen LogP contribution in [0.1, 0.15) is 41.6 Å². The summed E-state index contributed by atoms with van der Waals surface area (Å²) in [6.07, 6.45) is 0. The van der Waals surface area contributed by atoms with Crippen LogP contribution >= 0.6 is 50.9 Å². The minimum atomic E-state index is -0.395. The van der Waals surface area contributed by atoms with Gasteiger partial charge in [0.05, 0.1) is 21.8 Å². The van der Waals surface area contributed by atoms with Crippen LogP contribution in [0.5, 0.6) is 0 Å². The number of amides is 2. The van der Waals surface area contributed by atoms with Crippen LogP contribution in [0, 0.1) is 12.8 Å². The average Bonchev–Trinajstić information content (AvgIpc) is 3.14. The van der Waals surface area contributed by atoms with Gasteiger partial charge in [-0.3, -0.25) is 9.59 Å². The number of benzene rings is 2. The van der Waals surface area contributed by atoms with Crippen LogP contribution in [-0.2, 0) is 11.8 Å². The molecule has 0 radical (unpaired) electrons. The molecule has 1 heterocycles.